The second-order valence-corrected chi connectivity index (χ2v) is 6.87. The average Bonchev–Trinajstić information content (AvgIpc) is 3.16. The molecule has 0 unspecified atom stereocenters. The first-order valence-corrected chi connectivity index (χ1v) is 9.42. The first kappa shape index (κ1) is 20.0. The summed E-state index contributed by atoms with van der Waals surface area (Å²) in [5.41, 5.74) is 2.73. The fraction of sp³-hybridized carbons (Fsp3) is 0.100. The Morgan fingerprint density at radius 2 is 1.72 bits per heavy atom. The van der Waals surface area contributed by atoms with Crippen molar-refractivity contribution in [2.45, 2.75) is 6.92 Å². The summed E-state index contributed by atoms with van der Waals surface area (Å²) in [6, 6.07) is 13.2. The van der Waals surface area contributed by atoms with E-state index in [4.69, 9.17) is 0 Å². The summed E-state index contributed by atoms with van der Waals surface area (Å²) < 4.78 is 4.63. The van der Waals surface area contributed by atoms with Crippen LogP contribution < -0.4 is 16.0 Å². The molecule has 2 aromatic carbocycles. The lowest BCUT2D eigenvalue weighted by atomic mass is 10.2. The van der Waals surface area contributed by atoms with Gasteiger partial charge in [-0.1, -0.05) is 12.1 Å². The molecule has 148 valence electrons. The first-order chi connectivity index (χ1) is 13.9. The molecule has 3 amide bonds. The maximum absolute atomic E-state index is 12.3. The van der Waals surface area contributed by atoms with Crippen LogP contribution in [0.3, 0.4) is 0 Å². The molecule has 0 spiro atoms. The number of thiazole rings is 1. The largest absolute Gasteiger partial charge is 0.465 e. The Balaban J connectivity index is 1.58. The number of methoxy groups -OCH3 is 1. The van der Waals surface area contributed by atoms with Crippen LogP contribution >= 0.6 is 11.3 Å². The molecule has 0 atom stereocenters. The summed E-state index contributed by atoms with van der Waals surface area (Å²) in [5.74, 6) is -0.888. The number of aromatic nitrogens is 1. The number of aryl methyl sites for hydroxylation is 1. The monoisotopic (exact) mass is 410 g/mol. The Kier molecular flexibility index (Phi) is 6.20. The minimum atomic E-state index is -0.456. The number of esters is 1. The number of benzene rings is 2. The van der Waals surface area contributed by atoms with Gasteiger partial charge in [-0.3, -0.25) is 10.1 Å². The molecule has 0 saturated heterocycles. The van der Waals surface area contributed by atoms with E-state index >= 15 is 0 Å². The Labute approximate surface area is 170 Å². The minimum absolute atomic E-state index is 0.165. The van der Waals surface area contributed by atoms with Crippen molar-refractivity contribution in [2.75, 3.05) is 23.1 Å². The number of carbonyl (C=O) groups excluding carboxylic acids is 3. The van der Waals surface area contributed by atoms with Crippen LogP contribution in [0.15, 0.2) is 53.9 Å². The lowest BCUT2D eigenvalue weighted by molar-refractivity contribution is 0.0600. The number of ether oxygens (including phenoxy) is 1. The van der Waals surface area contributed by atoms with Crippen LogP contribution in [0.1, 0.15) is 26.4 Å². The number of nitrogens with one attached hydrogen (secondary N) is 3. The predicted molar refractivity (Wildman–Crippen MR) is 112 cm³/mol. The lowest BCUT2D eigenvalue weighted by Gasteiger charge is -2.06. The van der Waals surface area contributed by atoms with Gasteiger partial charge in [0.2, 0.25) is 0 Å². The summed E-state index contributed by atoms with van der Waals surface area (Å²) in [6.45, 7) is 1.93. The molecule has 0 radical (unpaired) electrons. The number of urea groups is 1. The Bertz CT molecular complexity index is 1050. The maximum atomic E-state index is 12.3. The molecule has 0 bridgehead atoms. The predicted octanol–water partition coefficient (Wildman–Crippen LogP) is 4.13. The van der Waals surface area contributed by atoms with Crippen molar-refractivity contribution in [3.63, 3.8) is 0 Å². The molecule has 0 fully saturated rings. The van der Waals surface area contributed by atoms with Crippen molar-refractivity contribution >= 4 is 45.8 Å². The van der Waals surface area contributed by atoms with Crippen LogP contribution in [0.4, 0.5) is 21.3 Å². The molecule has 9 heteroatoms. The van der Waals surface area contributed by atoms with Gasteiger partial charge >= 0.3 is 12.0 Å². The first-order valence-electron chi connectivity index (χ1n) is 8.54. The van der Waals surface area contributed by atoms with Gasteiger partial charge in [0.05, 0.1) is 12.7 Å². The third-order valence-electron chi connectivity index (χ3n) is 3.80. The SMILES string of the molecule is COC(=O)c1ccc(NC(=O)c2csc(NC(=O)Nc3cccc(C)c3)n2)cc1. The second kappa shape index (κ2) is 8.98. The van der Waals surface area contributed by atoms with E-state index in [0.717, 1.165) is 16.9 Å². The van der Waals surface area contributed by atoms with Gasteiger partial charge in [-0.15, -0.1) is 11.3 Å². The molecule has 0 aliphatic rings. The Morgan fingerprint density at radius 1 is 0.966 bits per heavy atom. The molecule has 3 N–H and O–H groups in total. The van der Waals surface area contributed by atoms with E-state index in [1.807, 2.05) is 25.1 Å². The molecule has 1 heterocycles. The highest BCUT2D eigenvalue weighted by atomic mass is 32.1. The third kappa shape index (κ3) is 5.39. The standard InChI is InChI=1S/C20H18N4O4S/c1-12-4-3-5-15(10-12)22-19(27)24-20-23-16(11-29-20)17(25)21-14-8-6-13(7-9-14)18(26)28-2/h3-11H,1-2H3,(H,21,25)(H2,22,23,24,27). The zero-order valence-electron chi connectivity index (χ0n) is 15.7. The summed E-state index contributed by atoms with van der Waals surface area (Å²) in [7, 11) is 1.30. The maximum Gasteiger partial charge on any atom is 0.337 e. The van der Waals surface area contributed by atoms with Gasteiger partial charge < -0.3 is 15.4 Å². The number of carbonyl (C=O) groups is 3. The van der Waals surface area contributed by atoms with Crippen molar-refractivity contribution in [1.82, 2.24) is 4.98 Å². The fourth-order valence-corrected chi connectivity index (χ4v) is 3.11. The van der Waals surface area contributed by atoms with Gasteiger partial charge in [0.1, 0.15) is 5.69 Å². The number of anilines is 3. The minimum Gasteiger partial charge on any atom is -0.465 e. The normalized spacial score (nSPS) is 10.1. The zero-order valence-corrected chi connectivity index (χ0v) is 16.5. The van der Waals surface area contributed by atoms with Gasteiger partial charge in [-0.2, -0.15) is 0 Å². The zero-order chi connectivity index (χ0) is 20.8. The molecule has 3 aromatic rings. The van der Waals surface area contributed by atoms with E-state index in [2.05, 4.69) is 25.7 Å². The smallest absolute Gasteiger partial charge is 0.337 e. The molecule has 0 saturated carbocycles. The van der Waals surface area contributed by atoms with E-state index in [9.17, 15) is 14.4 Å². The van der Waals surface area contributed by atoms with Gasteiger partial charge in [0.15, 0.2) is 5.13 Å². The summed E-state index contributed by atoms with van der Waals surface area (Å²) in [5, 5.41) is 9.82. The van der Waals surface area contributed by atoms with Crippen molar-refractivity contribution < 1.29 is 19.1 Å². The number of amides is 3. The summed E-state index contributed by atoms with van der Waals surface area (Å²) in [4.78, 5) is 40.0. The van der Waals surface area contributed by atoms with E-state index in [1.54, 1.807) is 35.7 Å². The van der Waals surface area contributed by atoms with E-state index in [0.29, 0.717) is 22.1 Å². The quantitative estimate of drug-likeness (QED) is 0.548. The van der Waals surface area contributed by atoms with Crippen molar-refractivity contribution in [1.29, 1.82) is 0 Å². The van der Waals surface area contributed by atoms with E-state index in [1.165, 1.54) is 7.11 Å². The molecule has 3 rings (SSSR count). The van der Waals surface area contributed by atoms with Crippen LogP contribution in [0.5, 0.6) is 0 Å². The number of nitrogens with zero attached hydrogens (tertiary/aromatic N) is 1. The number of hydrogen-bond donors (Lipinski definition) is 3. The van der Waals surface area contributed by atoms with Crippen molar-refractivity contribution in [3.05, 3.63) is 70.7 Å². The molecule has 0 aliphatic carbocycles. The number of hydrogen-bond acceptors (Lipinski definition) is 6. The number of rotatable bonds is 5. The van der Waals surface area contributed by atoms with Gasteiger partial charge in [0, 0.05) is 16.8 Å². The topological polar surface area (TPSA) is 109 Å². The molecular formula is C20H18N4O4S. The summed E-state index contributed by atoms with van der Waals surface area (Å²) in [6.07, 6.45) is 0. The highest BCUT2D eigenvalue weighted by Gasteiger charge is 2.13. The van der Waals surface area contributed by atoms with Crippen LogP contribution in [0.25, 0.3) is 0 Å². The molecule has 0 aliphatic heterocycles. The van der Waals surface area contributed by atoms with Crippen LogP contribution in [0.2, 0.25) is 0 Å². The lowest BCUT2D eigenvalue weighted by Crippen LogP contribution is -2.19. The second-order valence-electron chi connectivity index (χ2n) is 6.01. The highest BCUT2D eigenvalue weighted by Crippen LogP contribution is 2.18. The molecule has 29 heavy (non-hydrogen) atoms. The Morgan fingerprint density at radius 3 is 2.41 bits per heavy atom. The Hall–Kier alpha value is -3.72. The van der Waals surface area contributed by atoms with E-state index in [-0.39, 0.29) is 5.69 Å². The molecule has 8 nitrogen and oxygen atoms in total. The van der Waals surface area contributed by atoms with Crippen LogP contribution in [-0.2, 0) is 4.74 Å². The fourth-order valence-electron chi connectivity index (χ4n) is 2.42. The van der Waals surface area contributed by atoms with Gasteiger partial charge in [-0.05, 0) is 48.9 Å². The molecule has 1 aromatic heterocycles. The highest BCUT2D eigenvalue weighted by molar-refractivity contribution is 7.14. The van der Waals surface area contributed by atoms with Crippen LogP contribution in [0, 0.1) is 6.92 Å². The van der Waals surface area contributed by atoms with Gasteiger partial charge in [-0.25, -0.2) is 14.6 Å². The summed E-state index contributed by atoms with van der Waals surface area (Å²) >= 11 is 1.13. The van der Waals surface area contributed by atoms with Crippen molar-refractivity contribution in [2.24, 2.45) is 0 Å². The van der Waals surface area contributed by atoms with Gasteiger partial charge in [0.25, 0.3) is 5.91 Å². The average molecular weight is 410 g/mol. The molecular weight excluding hydrogens is 392 g/mol. The van der Waals surface area contributed by atoms with Crippen molar-refractivity contribution in [3.8, 4) is 0 Å². The van der Waals surface area contributed by atoms with E-state index < -0.39 is 17.9 Å². The van der Waals surface area contributed by atoms with Crippen LogP contribution in [-0.4, -0.2) is 30.0 Å². The third-order valence-corrected chi connectivity index (χ3v) is 4.55.